The number of fused-ring (bicyclic) bond motifs is 2. The minimum atomic E-state index is -0.964. The molecule has 0 saturated heterocycles. The number of rotatable bonds is 2. The van der Waals surface area contributed by atoms with Crippen molar-refractivity contribution in [1.82, 2.24) is 0 Å². The lowest BCUT2D eigenvalue weighted by Gasteiger charge is -2.06. The van der Waals surface area contributed by atoms with Crippen LogP contribution in [-0.4, -0.2) is 22.2 Å². The molecule has 0 amide bonds. The quantitative estimate of drug-likeness (QED) is 0.763. The number of aromatic carboxylic acids is 2. The third-order valence-corrected chi connectivity index (χ3v) is 3.11. The summed E-state index contributed by atoms with van der Waals surface area (Å²) in [6.45, 7) is 0. The molecule has 0 fully saturated rings. The fraction of sp³-hybridized carbons (Fsp3) is 0. The van der Waals surface area contributed by atoms with Crippen molar-refractivity contribution in [1.29, 1.82) is 0 Å². The molecule has 2 aromatic carbocycles. The van der Waals surface area contributed by atoms with Crippen LogP contribution >= 0.6 is 24.8 Å². The normalized spacial score (nSPS) is 10.0. The molecule has 1 aliphatic rings. The Morgan fingerprint density at radius 3 is 1.30 bits per heavy atom. The zero-order valence-corrected chi connectivity index (χ0v) is 11.6. The van der Waals surface area contributed by atoms with Crippen molar-refractivity contribution < 1.29 is 19.8 Å². The third-order valence-electron chi connectivity index (χ3n) is 3.11. The van der Waals surface area contributed by atoms with Gasteiger partial charge in [-0.15, -0.1) is 24.8 Å². The van der Waals surface area contributed by atoms with Crippen molar-refractivity contribution in [2.24, 2.45) is 0 Å². The van der Waals surface area contributed by atoms with Gasteiger partial charge in [0.15, 0.2) is 0 Å². The maximum atomic E-state index is 10.9. The topological polar surface area (TPSA) is 74.6 Å². The van der Waals surface area contributed by atoms with Gasteiger partial charge in [-0.1, -0.05) is 12.1 Å². The predicted molar refractivity (Wildman–Crippen MR) is 76.6 cm³/mol. The van der Waals surface area contributed by atoms with Crippen LogP contribution in [0.15, 0.2) is 36.4 Å². The van der Waals surface area contributed by atoms with Crippen LogP contribution in [0.4, 0.5) is 0 Å². The van der Waals surface area contributed by atoms with E-state index in [2.05, 4.69) is 0 Å². The summed E-state index contributed by atoms with van der Waals surface area (Å²) in [5.41, 5.74) is 0.475. The average Bonchev–Trinajstić information content (AvgIpc) is 2.34. The van der Waals surface area contributed by atoms with E-state index in [0.29, 0.717) is 0 Å². The zero-order chi connectivity index (χ0) is 12.9. The van der Waals surface area contributed by atoms with Crippen LogP contribution in [0, 0.1) is 20.9 Å². The molecule has 0 aliphatic heterocycles. The van der Waals surface area contributed by atoms with E-state index in [0.717, 1.165) is 20.9 Å². The number of carboxylic acids is 2. The summed E-state index contributed by atoms with van der Waals surface area (Å²) in [7, 11) is 0. The Labute approximate surface area is 125 Å². The van der Waals surface area contributed by atoms with E-state index in [1.165, 1.54) is 12.1 Å². The Bertz CT molecular complexity index is 792. The number of carboxylic acid groups (broad SMARTS) is 2. The highest BCUT2D eigenvalue weighted by Gasteiger charge is 2.09. The lowest BCUT2D eigenvalue weighted by molar-refractivity contribution is 0.0686. The minimum absolute atomic E-state index is 0. The number of halogens is 2. The fourth-order valence-corrected chi connectivity index (χ4v) is 2.21. The molecular formula is C14H10Cl2O4. The summed E-state index contributed by atoms with van der Waals surface area (Å²) in [5.74, 6) is -1.93. The highest BCUT2D eigenvalue weighted by Crippen LogP contribution is 2.16. The Balaban J connectivity index is 0.000001000. The van der Waals surface area contributed by atoms with Gasteiger partial charge in [0.2, 0.25) is 0 Å². The maximum absolute atomic E-state index is 10.9. The van der Waals surface area contributed by atoms with Gasteiger partial charge < -0.3 is 10.2 Å². The van der Waals surface area contributed by atoms with E-state index in [1.54, 1.807) is 24.3 Å². The van der Waals surface area contributed by atoms with Crippen LogP contribution < -0.4 is 0 Å². The lowest BCUT2D eigenvalue weighted by Crippen LogP contribution is -2.01. The minimum Gasteiger partial charge on any atom is -0.478 e. The second-order valence-electron chi connectivity index (χ2n) is 4.13. The largest absolute Gasteiger partial charge is 0.478 e. The summed E-state index contributed by atoms with van der Waals surface area (Å²) in [6, 6.07) is 9.70. The molecule has 0 atom stereocenters. The Morgan fingerprint density at radius 2 is 1.00 bits per heavy atom. The SMILES string of the molecule is Cl.Cl.O=C(O)c1ccc2c(c1)=c1ccc(C(=O)O)cc1=2. The standard InChI is InChI=1S/C14H8O4.2ClH/c15-13(16)7-1-3-9-11(5-7)10-4-2-8(14(17)18)6-12(9)10;;/h1-6H,(H,15,16)(H,17,18);2*1H. The molecule has 0 spiro atoms. The van der Waals surface area contributed by atoms with Gasteiger partial charge in [-0.05, 0) is 45.1 Å². The first-order chi connectivity index (χ1) is 8.58. The molecule has 0 heterocycles. The Kier molecular flexibility index (Phi) is 4.43. The molecule has 1 aliphatic carbocycles. The molecule has 0 unspecified atom stereocenters. The van der Waals surface area contributed by atoms with Gasteiger partial charge in [0.1, 0.15) is 0 Å². The first-order valence-electron chi connectivity index (χ1n) is 5.33. The summed E-state index contributed by atoms with van der Waals surface area (Å²) in [6.07, 6.45) is 0. The van der Waals surface area contributed by atoms with E-state index in [9.17, 15) is 9.59 Å². The molecule has 2 aromatic rings. The van der Waals surface area contributed by atoms with Crippen molar-refractivity contribution >= 4 is 36.8 Å². The second kappa shape index (κ2) is 5.53. The lowest BCUT2D eigenvalue weighted by atomic mass is 9.98. The van der Waals surface area contributed by atoms with E-state index in [-0.39, 0.29) is 35.9 Å². The third kappa shape index (κ3) is 2.24. The second-order valence-corrected chi connectivity index (χ2v) is 4.13. The van der Waals surface area contributed by atoms with Gasteiger partial charge in [0, 0.05) is 0 Å². The molecule has 104 valence electrons. The van der Waals surface area contributed by atoms with E-state index in [4.69, 9.17) is 10.2 Å². The smallest absolute Gasteiger partial charge is 0.335 e. The summed E-state index contributed by atoms with van der Waals surface area (Å²) in [5, 5.41) is 21.4. The Morgan fingerprint density at radius 1 is 0.650 bits per heavy atom. The van der Waals surface area contributed by atoms with E-state index < -0.39 is 11.9 Å². The van der Waals surface area contributed by atoms with Gasteiger partial charge >= 0.3 is 11.9 Å². The monoisotopic (exact) mass is 312 g/mol. The number of carbonyl (C=O) groups is 2. The molecular weight excluding hydrogens is 303 g/mol. The van der Waals surface area contributed by atoms with Crippen molar-refractivity contribution in [3.05, 3.63) is 68.4 Å². The van der Waals surface area contributed by atoms with Gasteiger partial charge in [-0.3, -0.25) is 0 Å². The number of benzene rings is 2. The molecule has 0 bridgehead atoms. The van der Waals surface area contributed by atoms with Crippen LogP contribution in [0.1, 0.15) is 20.7 Å². The molecule has 0 aromatic heterocycles. The number of hydrogen-bond donors (Lipinski definition) is 2. The summed E-state index contributed by atoms with van der Waals surface area (Å²) >= 11 is 0. The molecule has 20 heavy (non-hydrogen) atoms. The van der Waals surface area contributed by atoms with Crippen molar-refractivity contribution in [2.45, 2.75) is 0 Å². The first kappa shape index (κ1) is 16.0. The van der Waals surface area contributed by atoms with Crippen LogP contribution in [-0.2, 0) is 0 Å². The maximum Gasteiger partial charge on any atom is 0.335 e. The van der Waals surface area contributed by atoms with Crippen LogP contribution in [0.25, 0.3) is 0 Å². The molecule has 3 rings (SSSR count). The van der Waals surface area contributed by atoms with Crippen molar-refractivity contribution in [2.75, 3.05) is 0 Å². The number of hydrogen-bond acceptors (Lipinski definition) is 2. The van der Waals surface area contributed by atoms with Gasteiger partial charge in [-0.25, -0.2) is 9.59 Å². The zero-order valence-electron chi connectivity index (χ0n) is 9.99. The molecule has 2 N–H and O–H groups in total. The molecule has 6 heteroatoms. The van der Waals surface area contributed by atoms with Gasteiger partial charge in [0.05, 0.1) is 11.1 Å². The summed E-state index contributed by atoms with van der Waals surface area (Å²) < 4.78 is 0. The highest BCUT2D eigenvalue weighted by molar-refractivity contribution is 5.88. The predicted octanol–water partition coefficient (Wildman–Crippen LogP) is 2.81. The molecule has 4 nitrogen and oxygen atoms in total. The van der Waals surface area contributed by atoms with E-state index in [1.807, 2.05) is 0 Å². The molecule has 0 saturated carbocycles. The van der Waals surface area contributed by atoms with Crippen LogP contribution in [0.5, 0.6) is 0 Å². The highest BCUT2D eigenvalue weighted by atomic mass is 35.5. The average molecular weight is 313 g/mol. The Hall–Kier alpha value is -2.04. The van der Waals surface area contributed by atoms with Crippen molar-refractivity contribution in [3.63, 3.8) is 0 Å². The van der Waals surface area contributed by atoms with Crippen LogP contribution in [0.3, 0.4) is 0 Å². The van der Waals surface area contributed by atoms with Crippen molar-refractivity contribution in [3.8, 4) is 0 Å². The molecule has 0 radical (unpaired) electrons. The van der Waals surface area contributed by atoms with Gasteiger partial charge in [0.25, 0.3) is 0 Å². The van der Waals surface area contributed by atoms with E-state index >= 15 is 0 Å². The first-order valence-corrected chi connectivity index (χ1v) is 5.33. The summed E-state index contributed by atoms with van der Waals surface area (Å²) in [4.78, 5) is 21.7. The van der Waals surface area contributed by atoms with Gasteiger partial charge in [-0.2, -0.15) is 0 Å². The van der Waals surface area contributed by atoms with Crippen LogP contribution in [0.2, 0.25) is 0 Å². The fourth-order valence-electron chi connectivity index (χ4n) is 2.21.